The standard InChI is InChI=1S/C11H22N2/c12-10-5-1-2-6-11(9-10)13-7-3-4-8-13/h10-11H,1-9,12H2. The Labute approximate surface area is 81.5 Å². The lowest BCUT2D eigenvalue weighted by molar-refractivity contribution is 0.215. The molecule has 2 atom stereocenters. The van der Waals surface area contributed by atoms with Crippen molar-refractivity contribution in [2.45, 2.75) is 57.0 Å². The third-order valence-electron chi connectivity index (χ3n) is 3.59. The van der Waals surface area contributed by atoms with E-state index in [1.165, 1.54) is 58.0 Å². The van der Waals surface area contributed by atoms with Gasteiger partial charge in [0.25, 0.3) is 0 Å². The van der Waals surface area contributed by atoms with E-state index in [0.29, 0.717) is 6.04 Å². The molecule has 2 rings (SSSR count). The third kappa shape index (κ3) is 2.44. The van der Waals surface area contributed by atoms with Crippen LogP contribution >= 0.6 is 0 Å². The van der Waals surface area contributed by atoms with Gasteiger partial charge >= 0.3 is 0 Å². The normalized spacial score (nSPS) is 37.6. The molecule has 76 valence electrons. The summed E-state index contributed by atoms with van der Waals surface area (Å²) in [5.41, 5.74) is 6.07. The van der Waals surface area contributed by atoms with Crippen LogP contribution in [0.5, 0.6) is 0 Å². The van der Waals surface area contributed by atoms with E-state index >= 15 is 0 Å². The molecule has 2 fully saturated rings. The molecule has 0 radical (unpaired) electrons. The van der Waals surface area contributed by atoms with Gasteiger partial charge in [0.15, 0.2) is 0 Å². The van der Waals surface area contributed by atoms with Crippen molar-refractivity contribution in [3.05, 3.63) is 0 Å². The summed E-state index contributed by atoms with van der Waals surface area (Å²) in [6, 6.07) is 1.30. The Morgan fingerprint density at radius 3 is 2.38 bits per heavy atom. The van der Waals surface area contributed by atoms with Gasteiger partial charge in [-0.1, -0.05) is 12.8 Å². The molecule has 0 bridgehead atoms. The van der Waals surface area contributed by atoms with E-state index in [1.807, 2.05) is 0 Å². The molecule has 1 aliphatic carbocycles. The molecule has 1 saturated heterocycles. The van der Waals surface area contributed by atoms with Crippen LogP contribution in [-0.2, 0) is 0 Å². The van der Waals surface area contributed by atoms with Crippen LogP contribution in [0.3, 0.4) is 0 Å². The Kier molecular flexibility index (Phi) is 3.23. The fraction of sp³-hybridized carbons (Fsp3) is 1.00. The van der Waals surface area contributed by atoms with E-state index in [4.69, 9.17) is 5.73 Å². The first kappa shape index (κ1) is 9.47. The summed E-state index contributed by atoms with van der Waals surface area (Å²) in [4.78, 5) is 2.67. The van der Waals surface area contributed by atoms with Crippen LogP contribution in [0.15, 0.2) is 0 Å². The highest BCUT2D eigenvalue weighted by Gasteiger charge is 2.25. The Morgan fingerprint density at radius 2 is 1.62 bits per heavy atom. The SMILES string of the molecule is NC1CCCCC(N2CCCC2)C1. The average molecular weight is 182 g/mol. The van der Waals surface area contributed by atoms with Gasteiger partial charge in [0.05, 0.1) is 0 Å². The fourth-order valence-corrected chi connectivity index (χ4v) is 2.81. The zero-order valence-corrected chi connectivity index (χ0v) is 8.54. The molecular weight excluding hydrogens is 160 g/mol. The van der Waals surface area contributed by atoms with Gasteiger partial charge < -0.3 is 10.6 Å². The molecule has 0 spiro atoms. The molecule has 2 heteroatoms. The third-order valence-corrected chi connectivity index (χ3v) is 3.59. The Bertz CT molecular complexity index is 152. The zero-order chi connectivity index (χ0) is 9.10. The summed E-state index contributed by atoms with van der Waals surface area (Å²) in [7, 11) is 0. The molecule has 13 heavy (non-hydrogen) atoms. The van der Waals surface area contributed by atoms with Crippen LogP contribution in [0.25, 0.3) is 0 Å². The molecule has 2 unspecified atom stereocenters. The number of hydrogen-bond acceptors (Lipinski definition) is 2. The number of hydrogen-bond donors (Lipinski definition) is 1. The lowest BCUT2D eigenvalue weighted by atomic mass is 10.1. The van der Waals surface area contributed by atoms with Gasteiger partial charge in [0.2, 0.25) is 0 Å². The summed E-state index contributed by atoms with van der Waals surface area (Å²) < 4.78 is 0. The molecule has 1 aliphatic heterocycles. The second kappa shape index (κ2) is 4.43. The average Bonchev–Trinajstić information content (AvgIpc) is 2.56. The minimum atomic E-state index is 0.480. The monoisotopic (exact) mass is 182 g/mol. The van der Waals surface area contributed by atoms with Gasteiger partial charge in [0, 0.05) is 12.1 Å². The van der Waals surface area contributed by atoms with E-state index in [9.17, 15) is 0 Å². The van der Waals surface area contributed by atoms with Crippen LogP contribution in [0.2, 0.25) is 0 Å². The van der Waals surface area contributed by atoms with Crippen molar-refractivity contribution in [2.24, 2.45) is 5.73 Å². The molecular formula is C11H22N2. The Morgan fingerprint density at radius 1 is 0.923 bits per heavy atom. The van der Waals surface area contributed by atoms with Crippen LogP contribution in [0.1, 0.15) is 44.9 Å². The second-order valence-corrected chi connectivity index (χ2v) is 4.68. The van der Waals surface area contributed by atoms with E-state index in [0.717, 1.165) is 6.04 Å². The van der Waals surface area contributed by atoms with Crippen LogP contribution in [0, 0.1) is 0 Å². The van der Waals surface area contributed by atoms with Crippen molar-refractivity contribution in [3.63, 3.8) is 0 Å². The van der Waals surface area contributed by atoms with Crippen molar-refractivity contribution < 1.29 is 0 Å². The van der Waals surface area contributed by atoms with E-state index in [1.54, 1.807) is 0 Å². The Hall–Kier alpha value is -0.0800. The highest BCUT2D eigenvalue weighted by molar-refractivity contribution is 4.82. The van der Waals surface area contributed by atoms with Gasteiger partial charge in [0.1, 0.15) is 0 Å². The molecule has 0 aromatic heterocycles. The highest BCUT2D eigenvalue weighted by atomic mass is 15.2. The van der Waals surface area contributed by atoms with Crippen molar-refractivity contribution in [1.82, 2.24) is 4.90 Å². The summed E-state index contributed by atoms with van der Waals surface area (Å²) in [5.74, 6) is 0. The molecule has 1 saturated carbocycles. The first-order valence-corrected chi connectivity index (χ1v) is 5.86. The smallest absolute Gasteiger partial charge is 0.0110 e. The predicted octanol–water partition coefficient (Wildman–Crippen LogP) is 1.74. The maximum Gasteiger partial charge on any atom is 0.0110 e. The topological polar surface area (TPSA) is 29.3 Å². The van der Waals surface area contributed by atoms with E-state index in [-0.39, 0.29) is 0 Å². The van der Waals surface area contributed by atoms with Gasteiger partial charge in [-0.15, -0.1) is 0 Å². The first-order valence-electron chi connectivity index (χ1n) is 5.86. The first-order chi connectivity index (χ1) is 6.36. The number of rotatable bonds is 1. The summed E-state index contributed by atoms with van der Waals surface area (Å²) in [5, 5.41) is 0. The van der Waals surface area contributed by atoms with Crippen molar-refractivity contribution in [3.8, 4) is 0 Å². The van der Waals surface area contributed by atoms with Crippen molar-refractivity contribution in [2.75, 3.05) is 13.1 Å². The van der Waals surface area contributed by atoms with Gasteiger partial charge in [-0.05, 0) is 45.2 Å². The summed E-state index contributed by atoms with van der Waals surface area (Å²) >= 11 is 0. The van der Waals surface area contributed by atoms with E-state index < -0.39 is 0 Å². The number of likely N-dealkylation sites (tertiary alicyclic amines) is 1. The van der Waals surface area contributed by atoms with Gasteiger partial charge in [-0.3, -0.25) is 0 Å². The van der Waals surface area contributed by atoms with Gasteiger partial charge in [-0.2, -0.15) is 0 Å². The molecule has 2 nitrogen and oxygen atoms in total. The highest BCUT2D eigenvalue weighted by Crippen LogP contribution is 2.24. The number of nitrogens with two attached hydrogens (primary N) is 1. The van der Waals surface area contributed by atoms with Crippen LogP contribution in [0.4, 0.5) is 0 Å². The molecule has 2 N–H and O–H groups in total. The molecule has 1 heterocycles. The lowest BCUT2D eigenvalue weighted by Gasteiger charge is -2.27. The quantitative estimate of drug-likeness (QED) is 0.626. The molecule has 0 aromatic rings. The van der Waals surface area contributed by atoms with E-state index in [2.05, 4.69) is 4.90 Å². The second-order valence-electron chi connectivity index (χ2n) is 4.68. The predicted molar refractivity (Wildman–Crippen MR) is 55.7 cm³/mol. The largest absolute Gasteiger partial charge is 0.328 e. The zero-order valence-electron chi connectivity index (χ0n) is 8.54. The van der Waals surface area contributed by atoms with Crippen molar-refractivity contribution in [1.29, 1.82) is 0 Å². The summed E-state index contributed by atoms with van der Waals surface area (Å²) in [6.07, 6.45) is 9.47. The van der Waals surface area contributed by atoms with Gasteiger partial charge in [-0.25, -0.2) is 0 Å². The fourth-order valence-electron chi connectivity index (χ4n) is 2.81. The van der Waals surface area contributed by atoms with Crippen molar-refractivity contribution >= 4 is 0 Å². The minimum Gasteiger partial charge on any atom is -0.328 e. The summed E-state index contributed by atoms with van der Waals surface area (Å²) in [6.45, 7) is 2.66. The molecule has 2 aliphatic rings. The minimum absolute atomic E-state index is 0.480. The number of nitrogens with zero attached hydrogens (tertiary/aromatic N) is 1. The molecule has 0 amide bonds. The van der Waals surface area contributed by atoms with Crippen LogP contribution in [-0.4, -0.2) is 30.1 Å². The maximum atomic E-state index is 6.07. The maximum absolute atomic E-state index is 6.07. The Balaban J connectivity index is 1.88. The molecule has 0 aromatic carbocycles. The lowest BCUT2D eigenvalue weighted by Crippen LogP contribution is -2.36. The van der Waals surface area contributed by atoms with Crippen LogP contribution < -0.4 is 5.73 Å².